The van der Waals surface area contributed by atoms with E-state index in [0.29, 0.717) is 38.5 Å². The molecular weight excluding hydrogens is 1800 g/mol. The molecule has 772 valence electrons. The van der Waals surface area contributed by atoms with Crippen LogP contribution in [0.15, 0.2) is 11.6 Å². The third-order valence-electron chi connectivity index (χ3n) is 32.8. The second kappa shape index (κ2) is 40.4. The van der Waals surface area contributed by atoms with Crippen LogP contribution < -0.4 is 0 Å². The molecule has 10 aliphatic heterocycles. The van der Waals surface area contributed by atoms with Crippen LogP contribution in [0.25, 0.3) is 0 Å². The van der Waals surface area contributed by atoms with Gasteiger partial charge in [0.25, 0.3) is 0 Å². The van der Waals surface area contributed by atoms with Crippen molar-refractivity contribution in [3.8, 4) is 0 Å². The molecule has 0 amide bonds. The largest absolute Gasteiger partial charge is 0.432 e. The number of carbonyl (C=O) groups is 1. The van der Waals surface area contributed by atoms with Crippen molar-refractivity contribution < 1.29 is 237 Å². The molecule has 0 aromatic carbocycles. The summed E-state index contributed by atoms with van der Waals surface area (Å²) in [7, 11) is 0. The molecule has 15 rings (SSSR count). The van der Waals surface area contributed by atoms with Gasteiger partial charge in [-0.1, -0.05) is 53.2 Å². The molecule has 10 heterocycles. The fourth-order valence-electron chi connectivity index (χ4n) is 24.3. The van der Waals surface area contributed by atoms with Gasteiger partial charge >= 0.3 is 5.97 Å². The van der Waals surface area contributed by atoms with E-state index in [2.05, 4.69) is 40.7 Å². The minimum Gasteiger partial charge on any atom is -0.432 e. The van der Waals surface area contributed by atoms with E-state index < -0.39 is 398 Å². The van der Waals surface area contributed by atoms with Gasteiger partial charge in [-0.25, -0.2) is 0 Å². The normalized spacial score (nSPS) is 55.5. The summed E-state index contributed by atoms with van der Waals surface area (Å²) >= 11 is 0. The first-order valence-electron chi connectivity index (χ1n) is 46.3. The van der Waals surface area contributed by atoms with E-state index in [9.17, 15) is 138 Å². The molecule has 0 spiro atoms. The number of hydrogen-bond acceptors (Lipinski definition) is 48. The summed E-state index contributed by atoms with van der Waals surface area (Å²) in [5, 5.41) is 304. The Morgan fingerprint density at radius 3 is 1.41 bits per heavy atom. The van der Waals surface area contributed by atoms with Gasteiger partial charge in [0.2, 0.25) is 6.29 Å². The molecule has 54 atom stereocenters. The zero-order chi connectivity index (χ0) is 97.6. The monoisotopic (exact) mass is 1940 g/mol. The molecule has 0 aromatic rings. The van der Waals surface area contributed by atoms with E-state index in [4.69, 9.17) is 94.7 Å². The summed E-state index contributed by atoms with van der Waals surface area (Å²) in [6.07, 6.45) is -76.0. The molecule has 10 saturated heterocycles. The quantitative estimate of drug-likeness (QED) is 0.0217. The van der Waals surface area contributed by atoms with Gasteiger partial charge in [-0.15, -0.1) is 0 Å². The maximum Gasteiger partial charge on any atom is 0.315 e. The maximum atomic E-state index is 16.5. The Bertz CT molecular complexity index is 3940. The van der Waals surface area contributed by atoms with E-state index in [1.807, 2.05) is 0 Å². The Kier molecular flexibility index (Phi) is 31.9. The summed E-state index contributed by atoms with van der Waals surface area (Å²) < 4.78 is 122. The van der Waals surface area contributed by atoms with E-state index >= 15 is 4.79 Å². The number of rotatable bonds is 26. The van der Waals surface area contributed by atoms with E-state index in [1.165, 1.54) is 20.8 Å². The van der Waals surface area contributed by atoms with Crippen molar-refractivity contribution in [1.82, 2.24) is 0 Å². The minimum atomic E-state index is -2.33. The van der Waals surface area contributed by atoms with Gasteiger partial charge in [0.15, 0.2) is 62.7 Å². The molecule has 15 aliphatic rings. The highest BCUT2D eigenvalue weighted by Gasteiger charge is 2.73. The molecule has 54 unspecified atom stereocenters. The van der Waals surface area contributed by atoms with Crippen LogP contribution in [0.3, 0.4) is 0 Å². The summed E-state index contributed by atoms with van der Waals surface area (Å²) in [4.78, 5) is 16.5. The molecule has 48 heteroatoms. The lowest BCUT2D eigenvalue weighted by molar-refractivity contribution is -0.402. The van der Waals surface area contributed by atoms with Crippen molar-refractivity contribution in [3.63, 3.8) is 0 Å². The molecule has 0 radical (unpaired) electrons. The number of fused-ring (bicyclic) bond motifs is 7. The lowest BCUT2D eigenvalue weighted by atomic mass is 9.33. The fourth-order valence-corrected chi connectivity index (χ4v) is 24.3. The standard InChI is InChI=1S/C86H140O48/c1-30-43(96)50(103)63(131-70-52(105)49(102)46(99)38(20-87)122-70)74(119-30)126-58-37(95)24-116-69(53(58)106)125-57-32(3)121-71(56(109)62(57)129-68-51(104)45(98)36(94)23-115-68)132-64-61(130-77-66(111)86(114,27-92)29-118-77)44(97)31(2)120-75(64)134-78(112)84-16-14-79(4,5)18-34(84)33-10-11-42-80(6)19-35(93)67(81(7,25-90)41(80)12-13-83(42,9)82(33,8)15-17-84)133-73-55(108)59(47(100)40(22-89)124-73)127-72-54(107)60(48(101)39(21-88)123-72)128-76-65(110)85(113,26-91)28-117-76/h10,30-32,34-77,87-111,113-114H,11-29H2,1-9H3. The van der Waals surface area contributed by atoms with Gasteiger partial charge in [0, 0.05) is 5.41 Å². The van der Waals surface area contributed by atoms with Crippen LogP contribution in [0.2, 0.25) is 0 Å². The van der Waals surface area contributed by atoms with Crippen LogP contribution in [-0.2, 0) is 99.5 Å². The Morgan fingerprint density at radius 2 is 0.828 bits per heavy atom. The summed E-state index contributed by atoms with van der Waals surface area (Å²) in [6, 6.07) is 0. The number of ether oxygens (including phenoxy) is 20. The zero-order valence-electron chi connectivity index (χ0n) is 75.8. The van der Waals surface area contributed by atoms with E-state index in [0.717, 1.165) is 5.57 Å². The number of carbonyl (C=O) groups excluding carboxylic acids is 1. The summed E-state index contributed by atoms with van der Waals surface area (Å²) in [5.41, 5.74) is -8.87. The first-order chi connectivity index (χ1) is 63.0. The smallest absolute Gasteiger partial charge is 0.315 e. The Labute approximate surface area is 770 Å². The molecule has 134 heavy (non-hydrogen) atoms. The van der Waals surface area contributed by atoms with Gasteiger partial charge in [-0.3, -0.25) is 4.79 Å². The molecular formula is C86H140O48. The Balaban J connectivity index is 0.686. The number of allylic oxidation sites excluding steroid dienone is 2. The SMILES string of the molecule is CC1OC(OC2C(O)COC(OC3C(C)OC(OC4C(OC(=O)C56CCC(C)(C)CC5C5=CCC7C8(C)CC(O)C(OC9OC(CO)C(O)C(OC%10OC(CO)C(O)C(OC%11OCC(O)(CO)C%11O)C%10O)C9O)C(C)(CO)C8CCC7(C)C5(C)CC6)OC(C)C(O)C4OC4OCC(O)(CO)C4O)C(O)C3OC3OCC(O)C(O)C3O)C2O)C(OC2OC(CO)C(O)C(O)C2O)C(O)C1O. The number of esters is 1. The molecule has 0 bridgehead atoms. The summed E-state index contributed by atoms with van der Waals surface area (Å²) in [6.45, 7) is 8.46. The van der Waals surface area contributed by atoms with Crippen LogP contribution in [0.5, 0.6) is 0 Å². The van der Waals surface area contributed by atoms with Crippen molar-refractivity contribution >= 4 is 5.97 Å². The molecule has 27 N–H and O–H groups in total. The van der Waals surface area contributed by atoms with Crippen LogP contribution in [0.1, 0.15) is 120 Å². The number of aliphatic hydroxyl groups excluding tert-OH is 25. The third kappa shape index (κ3) is 18.6. The molecule has 4 saturated carbocycles. The topological polar surface area (TPSA) is 748 Å². The van der Waals surface area contributed by atoms with Crippen LogP contribution >= 0.6 is 0 Å². The highest BCUT2D eigenvalue weighted by molar-refractivity contribution is 5.79. The van der Waals surface area contributed by atoms with Gasteiger partial charge in [0.05, 0.1) is 102 Å². The average Bonchev–Trinajstić information content (AvgIpc) is 0.681. The van der Waals surface area contributed by atoms with Gasteiger partial charge in [-0.2, -0.15) is 0 Å². The lowest BCUT2D eigenvalue weighted by Crippen LogP contribution is -2.70. The Morgan fingerprint density at radius 1 is 0.373 bits per heavy atom. The minimum absolute atomic E-state index is 0.0533. The maximum absolute atomic E-state index is 16.5. The van der Waals surface area contributed by atoms with Crippen molar-refractivity contribution in [2.24, 2.45) is 50.2 Å². The van der Waals surface area contributed by atoms with E-state index in [-0.39, 0.29) is 25.2 Å². The molecule has 48 nitrogen and oxygen atoms in total. The van der Waals surface area contributed by atoms with Crippen molar-refractivity contribution in [2.45, 2.75) is 402 Å². The van der Waals surface area contributed by atoms with Gasteiger partial charge < -0.3 is 233 Å². The number of hydrogen-bond donors (Lipinski definition) is 27. The van der Waals surface area contributed by atoms with Crippen molar-refractivity contribution in [3.05, 3.63) is 11.6 Å². The lowest BCUT2D eigenvalue weighted by Gasteiger charge is -2.72. The predicted octanol–water partition coefficient (Wildman–Crippen LogP) is -11.5. The molecule has 14 fully saturated rings. The second-order valence-corrected chi connectivity index (χ2v) is 41.6. The summed E-state index contributed by atoms with van der Waals surface area (Å²) in [5.74, 6) is -2.07. The average molecular weight is 1940 g/mol. The van der Waals surface area contributed by atoms with Crippen molar-refractivity contribution in [1.29, 1.82) is 0 Å². The fraction of sp³-hybridized carbons (Fsp3) is 0.965. The number of aliphatic hydroxyl groups is 27. The molecule has 0 aromatic heterocycles. The second-order valence-electron chi connectivity index (χ2n) is 41.6. The first kappa shape index (κ1) is 106. The third-order valence-corrected chi connectivity index (χ3v) is 32.8. The van der Waals surface area contributed by atoms with Crippen molar-refractivity contribution in [2.75, 3.05) is 66.1 Å². The highest BCUT2D eigenvalue weighted by Crippen LogP contribution is 2.76. The predicted molar refractivity (Wildman–Crippen MR) is 433 cm³/mol. The van der Waals surface area contributed by atoms with Crippen LogP contribution in [-0.4, -0.2) is 492 Å². The van der Waals surface area contributed by atoms with Crippen LogP contribution in [0, 0.1) is 50.2 Å². The Hall–Kier alpha value is -2.63. The van der Waals surface area contributed by atoms with Gasteiger partial charge in [0.1, 0.15) is 182 Å². The zero-order valence-corrected chi connectivity index (χ0v) is 75.8. The van der Waals surface area contributed by atoms with Crippen LogP contribution in [0.4, 0.5) is 0 Å². The molecule has 5 aliphatic carbocycles. The van der Waals surface area contributed by atoms with E-state index in [1.54, 1.807) is 6.92 Å². The first-order valence-corrected chi connectivity index (χ1v) is 46.3. The van der Waals surface area contributed by atoms with Gasteiger partial charge in [-0.05, 0) is 118 Å². The highest BCUT2D eigenvalue weighted by atomic mass is 16.8.